The Morgan fingerprint density at radius 1 is 0.885 bits per heavy atom. The number of hydrogen-bond donors (Lipinski definition) is 1. The van der Waals surface area contributed by atoms with Crippen LogP contribution in [0, 0.1) is 11.6 Å². The highest BCUT2D eigenvalue weighted by Gasteiger charge is 2.31. The number of carbonyl (C=O) groups excluding carboxylic acids is 1. The molecule has 52 heavy (non-hydrogen) atoms. The molecule has 0 aliphatic carbocycles. The Hall–Kier alpha value is -5.02. The molecule has 0 bridgehead atoms. The van der Waals surface area contributed by atoms with Gasteiger partial charge in [-0.25, -0.2) is 31.3 Å². The van der Waals surface area contributed by atoms with Crippen molar-refractivity contribution in [3.05, 3.63) is 89.1 Å². The summed E-state index contributed by atoms with van der Waals surface area (Å²) in [6.07, 6.45) is 0.387. The Bertz CT molecular complexity index is 2000. The lowest BCUT2D eigenvalue weighted by molar-refractivity contribution is 0.0303. The Labute approximate surface area is 307 Å². The van der Waals surface area contributed by atoms with Crippen molar-refractivity contribution in [1.82, 2.24) is 9.88 Å². The van der Waals surface area contributed by atoms with Gasteiger partial charge >= 0.3 is 6.09 Å². The molecule has 0 saturated heterocycles. The average Bonchev–Trinajstić information content (AvgIpc) is 3.10. The quantitative estimate of drug-likeness (QED) is 0.138. The molecule has 3 aromatic carbocycles. The molecule has 16 heteroatoms. The van der Waals surface area contributed by atoms with Gasteiger partial charge < -0.3 is 34.1 Å². The number of nitrogens with zero attached hydrogens (tertiary/aromatic N) is 4. The zero-order valence-electron chi connectivity index (χ0n) is 30.2. The monoisotopic (exact) mass is 761 g/mol. The zero-order valence-corrected chi connectivity index (χ0v) is 31.7. The second-order valence-electron chi connectivity index (χ2n) is 12.6. The third kappa shape index (κ3) is 9.64. The van der Waals surface area contributed by atoms with Crippen molar-refractivity contribution >= 4 is 50.6 Å². The molecule has 0 spiro atoms. The molecule has 280 valence electrons. The second kappa shape index (κ2) is 16.5. The summed E-state index contributed by atoms with van der Waals surface area (Å²) in [5, 5.41) is 2.99. The van der Waals surface area contributed by atoms with E-state index in [4.69, 9.17) is 30.5 Å². The summed E-state index contributed by atoms with van der Waals surface area (Å²) in [6.45, 7) is 5.69. The zero-order chi connectivity index (χ0) is 38.4. The van der Waals surface area contributed by atoms with Crippen LogP contribution >= 0.6 is 11.6 Å². The second-order valence-corrected chi connectivity index (χ2v) is 14.9. The lowest BCUT2D eigenvalue weighted by Crippen LogP contribution is -2.38. The van der Waals surface area contributed by atoms with Crippen LogP contribution in [0.5, 0.6) is 17.2 Å². The fourth-order valence-electron chi connectivity index (χ4n) is 4.94. The van der Waals surface area contributed by atoms with E-state index in [-0.39, 0.29) is 23.1 Å². The summed E-state index contributed by atoms with van der Waals surface area (Å²) in [5.74, 6) is -0.657. The van der Waals surface area contributed by atoms with Crippen LogP contribution in [0.3, 0.4) is 0 Å². The van der Waals surface area contributed by atoms with Crippen molar-refractivity contribution in [1.29, 1.82) is 0 Å². The van der Waals surface area contributed by atoms with Gasteiger partial charge in [-0.2, -0.15) is 0 Å². The number of aromatic nitrogens is 1. The molecule has 0 atom stereocenters. The number of rotatable bonds is 14. The fourth-order valence-corrected chi connectivity index (χ4v) is 6.69. The third-order valence-corrected chi connectivity index (χ3v) is 9.80. The Balaban J connectivity index is 1.67. The van der Waals surface area contributed by atoms with Crippen LogP contribution in [0.25, 0.3) is 0 Å². The Morgan fingerprint density at radius 2 is 1.56 bits per heavy atom. The van der Waals surface area contributed by atoms with E-state index in [1.54, 1.807) is 71.3 Å². The minimum Gasteiger partial charge on any atom is -0.497 e. The van der Waals surface area contributed by atoms with Crippen molar-refractivity contribution < 1.29 is 40.9 Å². The minimum atomic E-state index is -4.71. The first-order valence-electron chi connectivity index (χ1n) is 15.9. The molecule has 1 N–H and O–H groups in total. The standard InChI is InChI=1S/C36H42ClF2N5O7S/c1-36(2,3)51-35(45)43(5)16-15-42(4)31-17-25(48-6)12-13-29(31)41-30-20-28(39)33(19-27(30)37)52(46,47)44(34-14-10-24(38)21-40-34)22-23-9-11-26(49-7)18-32(23)50-8/h9-14,17-21,41H,15-16,22H2,1-8H3. The molecular weight excluding hydrogens is 720 g/mol. The highest BCUT2D eigenvalue weighted by molar-refractivity contribution is 7.92. The van der Waals surface area contributed by atoms with Gasteiger partial charge in [-0.3, -0.25) is 0 Å². The predicted octanol–water partition coefficient (Wildman–Crippen LogP) is 7.48. The highest BCUT2D eigenvalue weighted by atomic mass is 35.5. The molecule has 0 radical (unpaired) electrons. The predicted molar refractivity (Wildman–Crippen MR) is 197 cm³/mol. The molecule has 4 rings (SSSR count). The van der Waals surface area contributed by atoms with Crippen molar-refractivity contribution in [2.45, 2.75) is 37.8 Å². The van der Waals surface area contributed by atoms with Gasteiger partial charge in [0.1, 0.15) is 45.2 Å². The Kier molecular flexibility index (Phi) is 12.7. The van der Waals surface area contributed by atoms with Crippen LogP contribution < -0.4 is 28.7 Å². The molecule has 4 aromatic rings. The first kappa shape index (κ1) is 39.8. The van der Waals surface area contributed by atoms with E-state index in [2.05, 4.69) is 10.3 Å². The maximum atomic E-state index is 16.0. The summed E-state index contributed by atoms with van der Waals surface area (Å²) >= 11 is 6.64. The summed E-state index contributed by atoms with van der Waals surface area (Å²) < 4.78 is 80.7. The number of anilines is 4. The van der Waals surface area contributed by atoms with E-state index >= 15 is 4.39 Å². The average molecular weight is 762 g/mol. The number of likely N-dealkylation sites (N-methyl/N-ethyl adjacent to an activating group) is 2. The fraction of sp³-hybridized carbons (Fsp3) is 0.333. The number of ether oxygens (including phenoxy) is 4. The van der Waals surface area contributed by atoms with Gasteiger partial charge in [-0.1, -0.05) is 11.6 Å². The van der Waals surface area contributed by atoms with Crippen molar-refractivity contribution in [3.8, 4) is 17.2 Å². The number of carbonyl (C=O) groups is 1. The van der Waals surface area contributed by atoms with Crippen molar-refractivity contribution in [2.75, 3.05) is 63.0 Å². The highest BCUT2D eigenvalue weighted by Crippen LogP contribution is 2.38. The molecule has 1 amide bonds. The van der Waals surface area contributed by atoms with Gasteiger partial charge in [0, 0.05) is 50.9 Å². The lowest BCUT2D eigenvalue weighted by atomic mass is 10.2. The topological polar surface area (TPSA) is 123 Å². The van der Waals surface area contributed by atoms with Gasteiger partial charge in [0.2, 0.25) is 0 Å². The van der Waals surface area contributed by atoms with Gasteiger partial charge in [0.05, 0.1) is 56.2 Å². The number of amides is 1. The summed E-state index contributed by atoms with van der Waals surface area (Å²) in [6, 6.07) is 14.1. The Morgan fingerprint density at radius 3 is 2.17 bits per heavy atom. The smallest absolute Gasteiger partial charge is 0.410 e. The van der Waals surface area contributed by atoms with E-state index < -0.39 is 38.2 Å². The van der Waals surface area contributed by atoms with E-state index in [1.807, 2.05) is 4.90 Å². The van der Waals surface area contributed by atoms with Crippen LogP contribution in [0.15, 0.2) is 71.8 Å². The number of halogens is 3. The van der Waals surface area contributed by atoms with Crippen LogP contribution in [-0.4, -0.2) is 78.5 Å². The number of nitrogens with one attached hydrogen (secondary N) is 1. The number of sulfonamides is 1. The number of hydrogen-bond acceptors (Lipinski definition) is 10. The van der Waals surface area contributed by atoms with Gasteiger partial charge in [-0.15, -0.1) is 0 Å². The van der Waals surface area contributed by atoms with Gasteiger partial charge in [0.25, 0.3) is 10.0 Å². The SMILES string of the molecule is COc1ccc(CN(c2ccc(F)cn2)S(=O)(=O)c2cc(Cl)c(Nc3ccc(OC)cc3N(C)CCN(C)C(=O)OC(C)(C)C)cc2F)c(OC)c1. The van der Waals surface area contributed by atoms with Crippen LogP contribution in [0.1, 0.15) is 26.3 Å². The van der Waals surface area contributed by atoms with Gasteiger partial charge in [-0.05, 0) is 63.2 Å². The third-order valence-electron chi connectivity index (χ3n) is 7.73. The molecule has 12 nitrogen and oxygen atoms in total. The number of benzene rings is 3. The summed E-state index contributed by atoms with van der Waals surface area (Å²) in [7, 11) is 3.13. The molecule has 0 fully saturated rings. The van der Waals surface area contributed by atoms with Crippen molar-refractivity contribution in [3.63, 3.8) is 0 Å². The number of pyridine rings is 1. The van der Waals surface area contributed by atoms with E-state index in [0.717, 1.165) is 28.7 Å². The van der Waals surface area contributed by atoms with Crippen LogP contribution in [0.4, 0.5) is 36.5 Å². The maximum Gasteiger partial charge on any atom is 0.410 e. The molecular formula is C36H42ClF2N5O7S. The maximum absolute atomic E-state index is 16.0. The molecule has 0 aliphatic heterocycles. The van der Waals surface area contributed by atoms with Crippen molar-refractivity contribution in [2.24, 2.45) is 0 Å². The molecule has 0 unspecified atom stereocenters. The summed E-state index contributed by atoms with van der Waals surface area (Å²) in [5.41, 5.74) is 0.935. The van der Waals surface area contributed by atoms with E-state index in [0.29, 0.717) is 47.3 Å². The first-order chi connectivity index (χ1) is 24.5. The molecule has 0 saturated carbocycles. The van der Waals surface area contributed by atoms with Gasteiger partial charge in [0.15, 0.2) is 0 Å². The lowest BCUT2D eigenvalue weighted by Gasteiger charge is -2.28. The van der Waals surface area contributed by atoms with E-state index in [9.17, 15) is 17.6 Å². The minimum absolute atomic E-state index is 0.0760. The van der Waals surface area contributed by atoms with Crippen LogP contribution in [0.2, 0.25) is 5.02 Å². The van der Waals surface area contributed by atoms with E-state index in [1.165, 1.54) is 32.3 Å². The largest absolute Gasteiger partial charge is 0.497 e. The first-order valence-corrected chi connectivity index (χ1v) is 17.7. The number of methoxy groups -OCH3 is 3. The van der Waals surface area contributed by atoms with Crippen LogP contribution in [-0.2, 0) is 21.3 Å². The summed E-state index contributed by atoms with van der Waals surface area (Å²) in [4.78, 5) is 19.0. The molecule has 0 aliphatic rings. The molecule has 1 heterocycles. The normalized spacial score (nSPS) is 11.4. The molecule has 1 aromatic heterocycles.